The zero-order valence-electron chi connectivity index (χ0n) is 9.71. The van der Waals surface area contributed by atoms with Crippen LogP contribution in [0.4, 0.5) is 0 Å². The van der Waals surface area contributed by atoms with Gasteiger partial charge in [-0.25, -0.2) is 0 Å². The third-order valence-corrected chi connectivity index (χ3v) is 2.17. The van der Waals surface area contributed by atoms with E-state index in [0.717, 1.165) is 6.54 Å². The Morgan fingerprint density at radius 3 is 2.43 bits per heavy atom. The van der Waals surface area contributed by atoms with E-state index in [4.69, 9.17) is 5.73 Å². The SMILES string of the molecule is CC=CC(=O)N(CC)CC(C)(C)CN. The largest absolute Gasteiger partial charge is 0.339 e. The summed E-state index contributed by atoms with van der Waals surface area (Å²) in [5.41, 5.74) is 5.62. The van der Waals surface area contributed by atoms with Gasteiger partial charge in [-0.2, -0.15) is 0 Å². The third-order valence-electron chi connectivity index (χ3n) is 2.17. The lowest BCUT2D eigenvalue weighted by Gasteiger charge is -2.30. The Morgan fingerprint density at radius 1 is 1.50 bits per heavy atom. The molecule has 0 aliphatic carbocycles. The fourth-order valence-electron chi connectivity index (χ4n) is 1.17. The first-order chi connectivity index (χ1) is 6.46. The number of nitrogens with two attached hydrogens (primary N) is 1. The molecule has 0 aliphatic heterocycles. The number of amides is 1. The summed E-state index contributed by atoms with van der Waals surface area (Å²) in [6, 6.07) is 0. The van der Waals surface area contributed by atoms with E-state index >= 15 is 0 Å². The van der Waals surface area contributed by atoms with E-state index in [1.165, 1.54) is 0 Å². The van der Waals surface area contributed by atoms with E-state index in [0.29, 0.717) is 13.1 Å². The van der Waals surface area contributed by atoms with Crippen molar-refractivity contribution < 1.29 is 4.79 Å². The van der Waals surface area contributed by atoms with Gasteiger partial charge in [-0.15, -0.1) is 0 Å². The van der Waals surface area contributed by atoms with Crippen LogP contribution in [0.5, 0.6) is 0 Å². The summed E-state index contributed by atoms with van der Waals surface area (Å²) < 4.78 is 0. The molecule has 3 nitrogen and oxygen atoms in total. The Morgan fingerprint density at radius 2 is 2.07 bits per heavy atom. The van der Waals surface area contributed by atoms with E-state index in [-0.39, 0.29) is 11.3 Å². The molecule has 1 amide bonds. The molecule has 0 atom stereocenters. The van der Waals surface area contributed by atoms with Crippen LogP contribution in [0.2, 0.25) is 0 Å². The zero-order valence-corrected chi connectivity index (χ0v) is 9.71. The zero-order chi connectivity index (χ0) is 11.2. The van der Waals surface area contributed by atoms with Crippen LogP contribution in [0.15, 0.2) is 12.2 Å². The van der Waals surface area contributed by atoms with Crippen LogP contribution in [0.25, 0.3) is 0 Å². The van der Waals surface area contributed by atoms with Gasteiger partial charge < -0.3 is 10.6 Å². The number of rotatable bonds is 5. The fraction of sp³-hybridized carbons (Fsp3) is 0.727. The third kappa shape index (κ3) is 4.42. The van der Waals surface area contributed by atoms with Crippen LogP contribution in [0.3, 0.4) is 0 Å². The molecule has 82 valence electrons. The molecule has 0 aliphatic rings. The highest BCUT2D eigenvalue weighted by molar-refractivity contribution is 5.87. The Balaban J connectivity index is 4.36. The van der Waals surface area contributed by atoms with E-state index in [1.807, 2.05) is 18.7 Å². The molecule has 0 rings (SSSR count). The highest BCUT2D eigenvalue weighted by atomic mass is 16.2. The molecule has 2 N–H and O–H groups in total. The molecular formula is C11H22N2O. The topological polar surface area (TPSA) is 46.3 Å². The molecule has 0 aromatic heterocycles. The van der Waals surface area contributed by atoms with Crippen molar-refractivity contribution in [2.24, 2.45) is 11.1 Å². The lowest BCUT2D eigenvalue weighted by molar-refractivity contribution is -0.127. The molecule has 0 aromatic carbocycles. The van der Waals surface area contributed by atoms with Gasteiger partial charge in [-0.3, -0.25) is 4.79 Å². The molecule has 0 heterocycles. The monoisotopic (exact) mass is 198 g/mol. The van der Waals surface area contributed by atoms with Crippen LogP contribution in [0.1, 0.15) is 27.7 Å². The highest BCUT2D eigenvalue weighted by Crippen LogP contribution is 2.14. The quantitative estimate of drug-likeness (QED) is 0.679. The van der Waals surface area contributed by atoms with Gasteiger partial charge in [-0.05, 0) is 31.9 Å². The molecule has 0 saturated heterocycles. The van der Waals surface area contributed by atoms with Crippen molar-refractivity contribution in [3.05, 3.63) is 12.2 Å². The Hall–Kier alpha value is -0.830. The van der Waals surface area contributed by atoms with Gasteiger partial charge in [0.15, 0.2) is 0 Å². The van der Waals surface area contributed by atoms with Gasteiger partial charge in [0.25, 0.3) is 0 Å². The smallest absolute Gasteiger partial charge is 0.246 e. The molecule has 0 radical (unpaired) electrons. The highest BCUT2D eigenvalue weighted by Gasteiger charge is 2.21. The summed E-state index contributed by atoms with van der Waals surface area (Å²) in [6.07, 6.45) is 3.36. The molecule has 14 heavy (non-hydrogen) atoms. The summed E-state index contributed by atoms with van der Waals surface area (Å²) in [6.45, 7) is 9.99. The number of allylic oxidation sites excluding steroid dienone is 1. The minimum absolute atomic E-state index is 0.00670. The molecular weight excluding hydrogens is 176 g/mol. The summed E-state index contributed by atoms with van der Waals surface area (Å²) in [5.74, 6) is 0.0662. The Bertz CT molecular complexity index is 209. The Kier molecular flexibility index (Phi) is 5.46. The van der Waals surface area contributed by atoms with Crippen molar-refractivity contribution in [2.75, 3.05) is 19.6 Å². The van der Waals surface area contributed by atoms with Gasteiger partial charge >= 0.3 is 0 Å². The number of likely N-dealkylation sites (N-methyl/N-ethyl adjacent to an activating group) is 1. The summed E-state index contributed by atoms with van der Waals surface area (Å²) >= 11 is 0. The Labute approximate surface area is 87.0 Å². The van der Waals surface area contributed by atoms with Crippen molar-refractivity contribution in [3.8, 4) is 0 Å². The van der Waals surface area contributed by atoms with Crippen molar-refractivity contribution in [1.29, 1.82) is 0 Å². The van der Waals surface area contributed by atoms with Gasteiger partial charge in [-0.1, -0.05) is 19.9 Å². The molecule has 0 spiro atoms. The number of nitrogens with zero attached hydrogens (tertiary/aromatic N) is 1. The second kappa shape index (κ2) is 5.81. The van der Waals surface area contributed by atoms with Crippen LogP contribution in [0, 0.1) is 5.41 Å². The van der Waals surface area contributed by atoms with E-state index in [1.54, 1.807) is 12.2 Å². The van der Waals surface area contributed by atoms with Crippen LogP contribution in [-0.4, -0.2) is 30.4 Å². The number of hydrogen-bond acceptors (Lipinski definition) is 2. The van der Waals surface area contributed by atoms with Gasteiger partial charge in [0.05, 0.1) is 0 Å². The second-order valence-electron chi connectivity index (χ2n) is 4.22. The average molecular weight is 198 g/mol. The molecule has 0 unspecified atom stereocenters. The standard InChI is InChI=1S/C11H22N2O/c1-5-7-10(14)13(6-2)9-11(3,4)8-12/h5,7H,6,8-9,12H2,1-4H3. The van der Waals surface area contributed by atoms with E-state index < -0.39 is 0 Å². The average Bonchev–Trinajstić information content (AvgIpc) is 2.14. The first-order valence-electron chi connectivity index (χ1n) is 5.08. The van der Waals surface area contributed by atoms with Crippen LogP contribution in [-0.2, 0) is 4.79 Å². The van der Waals surface area contributed by atoms with Crippen molar-refractivity contribution in [1.82, 2.24) is 4.90 Å². The van der Waals surface area contributed by atoms with Crippen LogP contribution < -0.4 is 5.73 Å². The van der Waals surface area contributed by atoms with Gasteiger partial charge in [0, 0.05) is 13.1 Å². The van der Waals surface area contributed by atoms with Crippen molar-refractivity contribution in [3.63, 3.8) is 0 Å². The minimum atomic E-state index is -0.00670. The van der Waals surface area contributed by atoms with Gasteiger partial charge in [0.1, 0.15) is 0 Å². The summed E-state index contributed by atoms with van der Waals surface area (Å²) in [5, 5.41) is 0. The van der Waals surface area contributed by atoms with Gasteiger partial charge in [0.2, 0.25) is 5.91 Å². The van der Waals surface area contributed by atoms with Crippen LogP contribution >= 0.6 is 0 Å². The second-order valence-corrected chi connectivity index (χ2v) is 4.22. The molecule has 0 saturated carbocycles. The van der Waals surface area contributed by atoms with Crippen molar-refractivity contribution >= 4 is 5.91 Å². The first kappa shape index (κ1) is 13.2. The molecule has 0 aromatic rings. The minimum Gasteiger partial charge on any atom is -0.339 e. The molecule has 3 heteroatoms. The first-order valence-corrected chi connectivity index (χ1v) is 5.08. The van der Waals surface area contributed by atoms with E-state index in [9.17, 15) is 4.79 Å². The van der Waals surface area contributed by atoms with Crippen molar-refractivity contribution in [2.45, 2.75) is 27.7 Å². The molecule has 0 bridgehead atoms. The lowest BCUT2D eigenvalue weighted by atomic mass is 9.93. The predicted octanol–water partition coefficient (Wildman–Crippen LogP) is 1.40. The number of hydrogen-bond donors (Lipinski definition) is 1. The summed E-state index contributed by atoms with van der Waals surface area (Å²) in [7, 11) is 0. The summed E-state index contributed by atoms with van der Waals surface area (Å²) in [4.78, 5) is 13.4. The maximum Gasteiger partial charge on any atom is 0.246 e. The lowest BCUT2D eigenvalue weighted by Crippen LogP contribution is -2.41. The maximum atomic E-state index is 11.6. The number of carbonyl (C=O) groups excluding carboxylic acids is 1. The maximum absolute atomic E-state index is 11.6. The predicted molar refractivity (Wildman–Crippen MR) is 59.9 cm³/mol. The normalized spacial score (nSPS) is 12.1. The van der Waals surface area contributed by atoms with E-state index in [2.05, 4.69) is 13.8 Å². The number of carbonyl (C=O) groups is 1. The fourth-order valence-corrected chi connectivity index (χ4v) is 1.17. The molecule has 0 fully saturated rings.